The predicted octanol–water partition coefficient (Wildman–Crippen LogP) is 7.00. The number of imidazole rings is 1. The summed E-state index contributed by atoms with van der Waals surface area (Å²) in [4.78, 5) is 30.4. The molecule has 0 bridgehead atoms. The van der Waals surface area contributed by atoms with E-state index in [1.54, 1.807) is 62.0 Å². The molecule has 5 rings (SSSR count). The Morgan fingerprint density at radius 3 is 2.59 bits per heavy atom. The van der Waals surface area contributed by atoms with E-state index in [-0.39, 0.29) is 16.9 Å². The second-order valence-corrected chi connectivity index (χ2v) is 9.20. The van der Waals surface area contributed by atoms with Gasteiger partial charge in [0.1, 0.15) is 5.82 Å². The Bertz CT molecular complexity index is 1750. The van der Waals surface area contributed by atoms with Crippen molar-refractivity contribution in [2.24, 2.45) is 0 Å². The lowest BCUT2D eigenvalue weighted by Gasteiger charge is -2.15. The maximum Gasteiger partial charge on any atom is 0.416 e. The Hall–Kier alpha value is -5.32. The maximum absolute atomic E-state index is 13.8. The molecule has 8 nitrogen and oxygen atoms in total. The number of hydrogen-bond acceptors (Lipinski definition) is 6. The van der Waals surface area contributed by atoms with Crippen LogP contribution in [0.5, 0.6) is 0 Å². The van der Waals surface area contributed by atoms with E-state index in [9.17, 15) is 18.0 Å². The highest BCUT2D eigenvalue weighted by Crippen LogP contribution is 2.34. The second-order valence-electron chi connectivity index (χ2n) is 9.20. The monoisotopic (exact) mass is 555 g/mol. The largest absolute Gasteiger partial charge is 0.416 e. The molecule has 0 unspecified atom stereocenters. The molecule has 0 fully saturated rings. The number of hydrogen-bond donors (Lipinski definition) is 2. The molecule has 0 spiro atoms. The number of carbonyl (C=O) groups is 1. The molecule has 0 aliphatic rings. The number of aryl methyl sites for hydroxylation is 2. The summed E-state index contributed by atoms with van der Waals surface area (Å²) in [6.45, 7) is 7.26. The topological polar surface area (TPSA) is 97.6 Å². The Kier molecular flexibility index (Phi) is 7.34. The Morgan fingerprint density at radius 1 is 1.02 bits per heavy atom. The van der Waals surface area contributed by atoms with Crippen LogP contribution in [0.1, 0.15) is 33.0 Å². The highest BCUT2D eigenvalue weighted by atomic mass is 19.4. The summed E-state index contributed by atoms with van der Waals surface area (Å²) in [7, 11) is 0. The van der Waals surface area contributed by atoms with Crippen LogP contribution in [0.4, 0.5) is 30.5 Å². The van der Waals surface area contributed by atoms with Gasteiger partial charge in [-0.2, -0.15) is 13.2 Å². The highest BCUT2D eigenvalue weighted by molar-refractivity contribution is 6.05. The van der Waals surface area contributed by atoms with Gasteiger partial charge in [0, 0.05) is 53.0 Å². The van der Waals surface area contributed by atoms with Crippen LogP contribution in [0.15, 0.2) is 86.0 Å². The second kappa shape index (κ2) is 11.0. The zero-order valence-corrected chi connectivity index (χ0v) is 22.1. The summed E-state index contributed by atoms with van der Waals surface area (Å²) in [5.74, 6) is 0.0976. The number of aromatic nitrogens is 5. The molecule has 0 aliphatic carbocycles. The van der Waals surface area contributed by atoms with Gasteiger partial charge in [0.25, 0.3) is 5.91 Å². The molecule has 206 valence electrons. The first-order valence-corrected chi connectivity index (χ1v) is 12.4. The molecular formula is C30H24F3N7O. The first-order chi connectivity index (χ1) is 19.6. The SMILES string of the molecule is C=Cc1nc(C)cn1-c1cc(NC(=O)c2ccc(C)c(Nc3nccc(-c4cccnc4)n3)c2)cc(C(F)(F)F)c1. The number of amides is 1. The lowest BCUT2D eigenvalue weighted by molar-refractivity contribution is -0.137. The van der Waals surface area contributed by atoms with Crippen molar-refractivity contribution in [3.63, 3.8) is 0 Å². The van der Waals surface area contributed by atoms with Crippen LogP contribution in [0.25, 0.3) is 23.0 Å². The van der Waals surface area contributed by atoms with E-state index in [2.05, 4.69) is 37.1 Å². The van der Waals surface area contributed by atoms with Crippen molar-refractivity contribution in [2.75, 3.05) is 10.6 Å². The number of anilines is 3. The number of nitrogens with one attached hydrogen (secondary N) is 2. The average Bonchev–Trinajstić information content (AvgIpc) is 3.35. The fraction of sp³-hybridized carbons (Fsp3) is 0.100. The Labute approximate surface area is 233 Å². The van der Waals surface area contributed by atoms with Crippen LogP contribution >= 0.6 is 0 Å². The minimum Gasteiger partial charge on any atom is -0.324 e. The lowest BCUT2D eigenvalue weighted by Crippen LogP contribution is -2.15. The van der Waals surface area contributed by atoms with E-state index in [4.69, 9.17) is 0 Å². The van der Waals surface area contributed by atoms with Crippen LogP contribution in [-0.4, -0.2) is 30.4 Å². The molecule has 41 heavy (non-hydrogen) atoms. The predicted molar refractivity (Wildman–Crippen MR) is 151 cm³/mol. The summed E-state index contributed by atoms with van der Waals surface area (Å²) >= 11 is 0. The number of pyridine rings is 1. The third-order valence-electron chi connectivity index (χ3n) is 6.18. The van der Waals surface area contributed by atoms with Gasteiger partial charge in [-0.25, -0.2) is 15.0 Å². The lowest BCUT2D eigenvalue weighted by atomic mass is 10.1. The average molecular weight is 556 g/mol. The van der Waals surface area contributed by atoms with Gasteiger partial charge < -0.3 is 10.6 Å². The molecule has 3 aromatic heterocycles. The molecule has 0 atom stereocenters. The van der Waals surface area contributed by atoms with Crippen molar-refractivity contribution in [1.29, 1.82) is 0 Å². The first kappa shape index (κ1) is 27.3. The van der Waals surface area contributed by atoms with Crippen LogP contribution in [0, 0.1) is 13.8 Å². The fourth-order valence-corrected chi connectivity index (χ4v) is 4.17. The minimum atomic E-state index is -4.63. The van der Waals surface area contributed by atoms with E-state index in [0.717, 1.165) is 23.3 Å². The quantitative estimate of drug-likeness (QED) is 0.224. The van der Waals surface area contributed by atoms with Crippen LogP contribution < -0.4 is 10.6 Å². The van der Waals surface area contributed by atoms with E-state index >= 15 is 0 Å². The molecule has 0 radical (unpaired) electrons. The normalized spacial score (nSPS) is 11.2. The summed E-state index contributed by atoms with van der Waals surface area (Å²) in [6.07, 6.45) is 3.37. The number of halogens is 3. The summed E-state index contributed by atoms with van der Waals surface area (Å²) in [5, 5.41) is 5.73. The van der Waals surface area contributed by atoms with Crippen molar-refractivity contribution >= 4 is 29.3 Å². The van der Waals surface area contributed by atoms with Crippen molar-refractivity contribution in [3.8, 4) is 16.9 Å². The van der Waals surface area contributed by atoms with Crippen LogP contribution in [0.2, 0.25) is 0 Å². The zero-order chi connectivity index (χ0) is 29.1. The number of nitrogens with zero attached hydrogens (tertiary/aromatic N) is 5. The fourth-order valence-electron chi connectivity index (χ4n) is 4.17. The molecule has 5 aromatic rings. The molecule has 2 N–H and O–H groups in total. The minimum absolute atomic E-state index is 0.0243. The number of alkyl halides is 3. The number of benzene rings is 2. The molecule has 2 aromatic carbocycles. The van der Waals surface area contributed by atoms with Gasteiger partial charge in [0.05, 0.1) is 17.0 Å². The third kappa shape index (κ3) is 6.14. The highest BCUT2D eigenvalue weighted by Gasteiger charge is 2.32. The van der Waals surface area contributed by atoms with Gasteiger partial charge in [-0.3, -0.25) is 14.3 Å². The van der Waals surface area contributed by atoms with E-state index in [0.29, 0.717) is 28.8 Å². The Morgan fingerprint density at radius 2 is 1.85 bits per heavy atom. The first-order valence-electron chi connectivity index (χ1n) is 12.4. The van der Waals surface area contributed by atoms with E-state index < -0.39 is 17.6 Å². The molecule has 0 saturated heterocycles. The van der Waals surface area contributed by atoms with Gasteiger partial charge in [-0.1, -0.05) is 12.6 Å². The summed E-state index contributed by atoms with van der Waals surface area (Å²) in [5.41, 5.74) is 2.93. The van der Waals surface area contributed by atoms with Crippen molar-refractivity contribution in [3.05, 3.63) is 114 Å². The summed E-state index contributed by atoms with van der Waals surface area (Å²) < 4.78 is 42.8. The van der Waals surface area contributed by atoms with Gasteiger partial charge >= 0.3 is 6.18 Å². The van der Waals surface area contributed by atoms with Gasteiger partial charge in [-0.05, 0) is 74.0 Å². The van der Waals surface area contributed by atoms with Gasteiger partial charge in [0.15, 0.2) is 0 Å². The zero-order valence-electron chi connectivity index (χ0n) is 22.1. The van der Waals surface area contributed by atoms with Gasteiger partial charge in [0.2, 0.25) is 5.95 Å². The van der Waals surface area contributed by atoms with Crippen LogP contribution in [-0.2, 0) is 6.18 Å². The number of rotatable bonds is 7. The van der Waals surface area contributed by atoms with E-state index in [1.165, 1.54) is 16.7 Å². The van der Waals surface area contributed by atoms with Gasteiger partial charge in [-0.15, -0.1) is 0 Å². The molecular weight excluding hydrogens is 531 g/mol. The van der Waals surface area contributed by atoms with Crippen LogP contribution in [0.3, 0.4) is 0 Å². The standard InChI is InChI=1S/C30H24F3N7O/c1-4-27-36-19(3)17-40(27)24-14-22(30(31,32)33)13-23(15-24)37-28(41)20-8-7-18(2)26(12-20)39-29-35-11-9-25(38-29)21-6-5-10-34-16-21/h4-17H,1H2,2-3H3,(H,37,41)(H,35,38,39). The van der Waals surface area contributed by atoms with Crippen molar-refractivity contribution < 1.29 is 18.0 Å². The third-order valence-corrected chi connectivity index (χ3v) is 6.18. The Balaban J connectivity index is 1.43. The summed E-state index contributed by atoms with van der Waals surface area (Å²) in [6, 6.07) is 13.7. The molecule has 0 aliphatic heterocycles. The molecule has 0 saturated carbocycles. The smallest absolute Gasteiger partial charge is 0.324 e. The molecule has 11 heteroatoms. The maximum atomic E-state index is 13.8. The number of carbonyl (C=O) groups excluding carboxylic acids is 1. The molecule has 3 heterocycles. The van der Waals surface area contributed by atoms with Crippen molar-refractivity contribution in [2.45, 2.75) is 20.0 Å². The molecule has 1 amide bonds. The van der Waals surface area contributed by atoms with E-state index in [1.807, 2.05) is 13.0 Å². The van der Waals surface area contributed by atoms with Crippen molar-refractivity contribution in [1.82, 2.24) is 24.5 Å².